The van der Waals surface area contributed by atoms with Crippen molar-refractivity contribution in [2.45, 2.75) is 4.90 Å². The molecule has 0 radical (unpaired) electrons. The number of rotatable bonds is 1. The third-order valence-corrected chi connectivity index (χ3v) is 4.39. The van der Waals surface area contributed by atoms with Gasteiger partial charge in [-0.05, 0) is 12.1 Å². The summed E-state index contributed by atoms with van der Waals surface area (Å²) in [6.45, 7) is 0. The maximum Gasteiger partial charge on any atom is 0.0843 e. The van der Waals surface area contributed by atoms with Gasteiger partial charge in [0.25, 0.3) is 0 Å². The molecule has 0 aliphatic carbocycles. The summed E-state index contributed by atoms with van der Waals surface area (Å²) in [7, 11) is -0.960. The molecule has 0 saturated carbocycles. The second kappa shape index (κ2) is 3.86. The Morgan fingerprint density at radius 1 is 1.31 bits per heavy atom. The van der Waals surface area contributed by atoms with Gasteiger partial charge in [-0.1, -0.05) is 29.3 Å². The van der Waals surface area contributed by atoms with E-state index in [-0.39, 0.29) is 0 Å². The van der Waals surface area contributed by atoms with Crippen molar-refractivity contribution in [3.8, 4) is 0 Å². The third kappa shape index (κ3) is 2.16. The van der Waals surface area contributed by atoms with Crippen molar-refractivity contribution in [1.82, 2.24) is 0 Å². The first-order valence-corrected chi connectivity index (χ1v) is 6.21. The van der Waals surface area contributed by atoms with Crippen molar-refractivity contribution < 1.29 is 4.21 Å². The molecule has 0 aromatic heterocycles. The first kappa shape index (κ1) is 10.8. The van der Waals surface area contributed by atoms with Gasteiger partial charge in [-0.15, -0.1) is 0 Å². The summed E-state index contributed by atoms with van der Waals surface area (Å²) in [5.41, 5.74) is 0. The fourth-order valence-corrected chi connectivity index (χ4v) is 3.23. The lowest BCUT2D eigenvalue weighted by Crippen LogP contribution is -1.98. The van der Waals surface area contributed by atoms with Gasteiger partial charge in [-0.25, -0.2) is 8.57 Å². The van der Waals surface area contributed by atoms with Crippen molar-refractivity contribution in [1.29, 1.82) is 0 Å². The van der Waals surface area contributed by atoms with Gasteiger partial charge < -0.3 is 0 Å². The summed E-state index contributed by atoms with van der Waals surface area (Å²) < 4.78 is 15.6. The van der Waals surface area contributed by atoms with Gasteiger partial charge in [0.2, 0.25) is 0 Å². The molecule has 5 heteroatoms. The number of hydrogen-bond donors (Lipinski definition) is 0. The van der Waals surface area contributed by atoms with Crippen LogP contribution in [-0.4, -0.2) is 17.5 Å². The molecule has 0 aliphatic heterocycles. The Labute approximate surface area is 88.0 Å². The van der Waals surface area contributed by atoms with Gasteiger partial charge >= 0.3 is 0 Å². The molecule has 0 bridgehead atoms. The van der Waals surface area contributed by atoms with Crippen molar-refractivity contribution in [2.75, 3.05) is 13.3 Å². The highest BCUT2D eigenvalue weighted by molar-refractivity contribution is 7.93. The highest BCUT2D eigenvalue weighted by atomic mass is 35.5. The van der Waals surface area contributed by atoms with Gasteiger partial charge in [-0.3, -0.25) is 0 Å². The van der Waals surface area contributed by atoms with Crippen LogP contribution >= 0.6 is 23.2 Å². The van der Waals surface area contributed by atoms with Gasteiger partial charge in [-0.2, -0.15) is 0 Å². The molecule has 1 rings (SSSR count). The fraction of sp³-hybridized carbons (Fsp3) is 0.250. The van der Waals surface area contributed by atoms with E-state index in [0.717, 1.165) is 0 Å². The SMILES string of the molecule is CN=[S@@](C)(=O)c1c(Cl)cccc1Cl. The Bertz CT molecular complexity index is 416. The van der Waals surface area contributed by atoms with Crippen molar-refractivity contribution in [3.05, 3.63) is 28.2 Å². The molecule has 0 aliphatic rings. The molecule has 0 N–H and O–H groups in total. The number of hydrogen-bond acceptors (Lipinski definition) is 2. The van der Waals surface area contributed by atoms with Crippen LogP contribution in [0.2, 0.25) is 10.0 Å². The standard InChI is InChI=1S/C8H9Cl2NOS/c1-11-13(2,12)8-6(9)4-3-5-7(8)10/h3-5H,1-2H3/t13-/m0/s1. The van der Waals surface area contributed by atoms with Crippen LogP contribution in [-0.2, 0) is 9.73 Å². The molecule has 0 unspecified atom stereocenters. The maximum absolute atomic E-state index is 11.9. The van der Waals surface area contributed by atoms with E-state index in [2.05, 4.69) is 4.36 Å². The van der Waals surface area contributed by atoms with E-state index in [1.165, 1.54) is 13.3 Å². The average Bonchev–Trinajstić information content (AvgIpc) is 2.03. The van der Waals surface area contributed by atoms with E-state index in [0.29, 0.717) is 14.9 Å². The minimum atomic E-state index is -2.45. The molecule has 0 spiro atoms. The van der Waals surface area contributed by atoms with Crippen LogP contribution in [0.5, 0.6) is 0 Å². The first-order chi connectivity index (χ1) is 5.99. The molecule has 1 atom stereocenters. The lowest BCUT2D eigenvalue weighted by molar-refractivity contribution is 0.680. The molecule has 1 aromatic carbocycles. The van der Waals surface area contributed by atoms with Gasteiger partial charge in [0.1, 0.15) is 0 Å². The Morgan fingerprint density at radius 2 is 1.77 bits per heavy atom. The molecule has 1 aromatic rings. The van der Waals surface area contributed by atoms with Gasteiger partial charge in [0.05, 0.1) is 24.7 Å². The summed E-state index contributed by atoms with van der Waals surface area (Å²) in [5, 5.41) is 0.788. The Hall–Kier alpha value is -0.250. The second-order valence-corrected chi connectivity index (χ2v) is 5.73. The predicted molar refractivity (Wildman–Crippen MR) is 57.1 cm³/mol. The van der Waals surface area contributed by atoms with E-state index in [4.69, 9.17) is 23.2 Å². The summed E-state index contributed by atoms with van der Waals surface area (Å²) >= 11 is 11.7. The normalized spacial score (nSPS) is 15.1. The Morgan fingerprint density at radius 3 is 2.15 bits per heavy atom. The summed E-state index contributed by atoms with van der Waals surface area (Å²) in [6.07, 6.45) is 1.51. The molecule has 2 nitrogen and oxygen atoms in total. The quantitative estimate of drug-likeness (QED) is 0.739. The van der Waals surface area contributed by atoms with E-state index < -0.39 is 9.73 Å². The number of nitrogens with zero attached hydrogens (tertiary/aromatic N) is 1. The smallest absolute Gasteiger partial charge is 0.0843 e. The highest BCUT2D eigenvalue weighted by Gasteiger charge is 2.13. The summed E-state index contributed by atoms with van der Waals surface area (Å²) in [6, 6.07) is 5.01. The van der Waals surface area contributed by atoms with E-state index in [1.807, 2.05) is 0 Å². The molecule has 13 heavy (non-hydrogen) atoms. The minimum absolute atomic E-state index is 0.394. The topological polar surface area (TPSA) is 29.4 Å². The lowest BCUT2D eigenvalue weighted by atomic mass is 10.4. The van der Waals surface area contributed by atoms with Crippen molar-refractivity contribution >= 4 is 32.9 Å². The van der Waals surface area contributed by atoms with Crippen LogP contribution in [0, 0.1) is 0 Å². The Balaban J connectivity index is 3.56. The van der Waals surface area contributed by atoms with Gasteiger partial charge in [0, 0.05) is 13.3 Å². The highest BCUT2D eigenvalue weighted by Crippen LogP contribution is 2.29. The molecule has 0 heterocycles. The lowest BCUT2D eigenvalue weighted by Gasteiger charge is -2.07. The van der Waals surface area contributed by atoms with Crippen molar-refractivity contribution in [2.24, 2.45) is 4.36 Å². The van der Waals surface area contributed by atoms with Crippen LogP contribution in [0.3, 0.4) is 0 Å². The second-order valence-electron chi connectivity index (χ2n) is 2.54. The molecule has 0 fully saturated rings. The average molecular weight is 238 g/mol. The fourth-order valence-electron chi connectivity index (χ4n) is 0.936. The largest absolute Gasteiger partial charge is 0.245 e. The number of benzene rings is 1. The zero-order valence-electron chi connectivity index (χ0n) is 7.25. The van der Waals surface area contributed by atoms with E-state index >= 15 is 0 Å². The van der Waals surface area contributed by atoms with E-state index in [9.17, 15) is 4.21 Å². The van der Waals surface area contributed by atoms with Gasteiger partial charge in [0.15, 0.2) is 0 Å². The minimum Gasteiger partial charge on any atom is -0.245 e. The predicted octanol–water partition coefficient (Wildman–Crippen LogP) is 3.08. The van der Waals surface area contributed by atoms with E-state index in [1.54, 1.807) is 18.2 Å². The number of halogens is 2. The molecule has 0 saturated heterocycles. The summed E-state index contributed by atoms with van der Waals surface area (Å²) in [5.74, 6) is 0. The van der Waals surface area contributed by atoms with Crippen LogP contribution in [0.4, 0.5) is 0 Å². The van der Waals surface area contributed by atoms with Crippen LogP contribution < -0.4 is 0 Å². The van der Waals surface area contributed by atoms with Crippen molar-refractivity contribution in [3.63, 3.8) is 0 Å². The summed E-state index contributed by atoms with van der Waals surface area (Å²) in [4.78, 5) is 0.417. The molecular formula is C8H9Cl2NOS. The third-order valence-electron chi connectivity index (χ3n) is 1.65. The zero-order valence-corrected chi connectivity index (χ0v) is 9.58. The molecular weight excluding hydrogens is 229 g/mol. The molecule has 0 amide bonds. The molecule has 72 valence electrons. The Kier molecular flexibility index (Phi) is 3.22. The first-order valence-electron chi connectivity index (χ1n) is 3.53. The zero-order chi connectivity index (χ0) is 10.1. The van der Waals surface area contributed by atoms with Crippen LogP contribution in [0.15, 0.2) is 27.5 Å². The van der Waals surface area contributed by atoms with Crippen LogP contribution in [0.1, 0.15) is 0 Å². The monoisotopic (exact) mass is 237 g/mol. The van der Waals surface area contributed by atoms with Crippen LogP contribution in [0.25, 0.3) is 0 Å². The maximum atomic E-state index is 11.9.